The molecule has 1 fully saturated rings. The molecule has 2 atom stereocenters. The third-order valence-corrected chi connectivity index (χ3v) is 5.58. The predicted molar refractivity (Wildman–Crippen MR) is 103 cm³/mol. The monoisotopic (exact) mass is 354 g/mol. The maximum Gasteiger partial charge on any atom is 0.123 e. The lowest BCUT2D eigenvalue weighted by molar-refractivity contribution is 0.306. The number of hydrogen-bond acceptors (Lipinski definition) is 3. The van der Waals surface area contributed by atoms with Gasteiger partial charge in [0.05, 0.1) is 17.6 Å². The maximum absolute atomic E-state index is 6.13. The lowest BCUT2D eigenvalue weighted by Gasteiger charge is -2.16. The van der Waals surface area contributed by atoms with E-state index >= 15 is 0 Å². The summed E-state index contributed by atoms with van der Waals surface area (Å²) in [6, 6.07) is 16.6. The second-order valence-corrected chi connectivity index (χ2v) is 7.36. The van der Waals surface area contributed by atoms with E-state index in [1.807, 2.05) is 18.2 Å². The first kappa shape index (κ1) is 16.6. The Kier molecular flexibility index (Phi) is 4.50. The largest absolute Gasteiger partial charge is 0.330 e. The average molecular weight is 355 g/mol. The fourth-order valence-electron chi connectivity index (χ4n) is 3.96. The van der Waals surface area contributed by atoms with Gasteiger partial charge >= 0.3 is 0 Å². The van der Waals surface area contributed by atoms with Gasteiger partial charge in [-0.3, -0.25) is 4.90 Å². The summed E-state index contributed by atoms with van der Waals surface area (Å²) in [7, 11) is 2.06. The maximum atomic E-state index is 6.13. The van der Waals surface area contributed by atoms with Gasteiger partial charge in [0.25, 0.3) is 0 Å². The molecule has 0 amide bonds. The van der Waals surface area contributed by atoms with Crippen LogP contribution in [0.1, 0.15) is 17.3 Å². The molecule has 0 unspecified atom stereocenters. The number of aromatic nitrogens is 2. The van der Waals surface area contributed by atoms with Crippen molar-refractivity contribution in [2.45, 2.75) is 12.5 Å². The zero-order chi connectivity index (χ0) is 17.4. The Morgan fingerprint density at radius 1 is 1.16 bits per heavy atom. The second kappa shape index (κ2) is 6.79. The highest BCUT2D eigenvalue weighted by Crippen LogP contribution is 2.33. The van der Waals surface area contributed by atoms with Crippen molar-refractivity contribution in [2.75, 3.05) is 19.6 Å². The van der Waals surface area contributed by atoms with Gasteiger partial charge in [-0.1, -0.05) is 41.9 Å². The molecule has 130 valence electrons. The Hall–Kier alpha value is -1.88. The van der Waals surface area contributed by atoms with Crippen molar-refractivity contribution >= 4 is 22.6 Å². The van der Waals surface area contributed by atoms with E-state index in [1.165, 1.54) is 5.56 Å². The molecule has 1 aliphatic heterocycles. The van der Waals surface area contributed by atoms with Crippen molar-refractivity contribution in [3.63, 3.8) is 0 Å². The summed E-state index contributed by atoms with van der Waals surface area (Å²) >= 11 is 6.13. The van der Waals surface area contributed by atoms with Crippen LogP contribution in [0.2, 0.25) is 5.02 Å². The van der Waals surface area contributed by atoms with Gasteiger partial charge < -0.3 is 10.3 Å². The zero-order valence-corrected chi connectivity index (χ0v) is 15.2. The standard InChI is InChI=1S/C20H23ClN4/c1-24-19-9-16(21)7-8-18(19)23-20(24)13-25-11-15(10-22)17(12-25)14-5-3-2-4-6-14/h2-9,15,17H,10-13,22H2,1H3/t15-,17+/m1/s1. The molecule has 0 bridgehead atoms. The minimum absolute atomic E-state index is 0.492. The molecule has 1 aliphatic rings. The van der Waals surface area contributed by atoms with Crippen LogP contribution in [-0.4, -0.2) is 34.1 Å². The predicted octanol–water partition coefficient (Wildman–Crippen LogP) is 3.40. The molecule has 2 aromatic carbocycles. The number of nitrogens with two attached hydrogens (primary N) is 1. The molecule has 2 N–H and O–H groups in total. The van der Waals surface area contributed by atoms with Crippen LogP contribution in [0, 0.1) is 5.92 Å². The fraction of sp³-hybridized carbons (Fsp3) is 0.350. The van der Waals surface area contributed by atoms with E-state index < -0.39 is 0 Å². The number of nitrogens with zero attached hydrogens (tertiary/aromatic N) is 3. The quantitative estimate of drug-likeness (QED) is 0.781. The number of rotatable bonds is 4. The molecule has 5 heteroatoms. The Bertz CT molecular complexity index is 874. The van der Waals surface area contributed by atoms with Gasteiger partial charge in [0.15, 0.2) is 0 Å². The molecule has 0 radical (unpaired) electrons. The minimum Gasteiger partial charge on any atom is -0.330 e. The summed E-state index contributed by atoms with van der Waals surface area (Å²) < 4.78 is 2.15. The first-order chi connectivity index (χ1) is 12.2. The van der Waals surface area contributed by atoms with Crippen molar-refractivity contribution in [3.8, 4) is 0 Å². The van der Waals surface area contributed by atoms with Gasteiger partial charge in [0.1, 0.15) is 5.82 Å². The molecule has 4 rings (SSSR count). The van der Waals surface area contributed by atoms with Crippen LogP contribution in [0.4, 0.5) is 0 Å². The van der Waals surface area contributed by atoms with Gasteiger partial charge in [-0.2, -0.15) is 0 Å². The van der Waals surface area contributed by atoms with Crippen molar-refractivity contribution in [2.24, 2.45) is 18.7 Å². The van der Waals surface area contributed by atoms with E-state index in [1.54, 1.807) is 0 Å². The van der Waals surface area contributed by atoms with Gasteiger partial charge in [-0.15, -0.1) is 0 Å². The summed E-state index contributed by atoms with van der Waals surface area (Å²) in [5.41, 5.74) is 9.53. The first-order valence-corrected chi connectivity index (χ1v) is 9.11. The fourth-order valence-corrected chi connectivity index (χ4v) is 4.13. The Morgan fingerprint density at radius 2 is 1.96 bits per heavy atom. The molecule has 25 heavy (non-hydrogen) atoms. The van der Waals surface area contributed by atoms with Crippen LogP contribution in [0.25, 0.3) is 11.0 Å². The van der Waals surface area contributed by atoms with Gasteiger partial charge in [0, 0.05) is 31.1 Å². The summed E-state index contributed by atoms with van der Waals surface area (Å²) in [6.45, 7) is 3.59. The van der Waals surface area contributed by atoms with Crippen LogP contribution in [0.5, 0.6) is 0 Å². The van der Waals surface area contributed by atoms with E-state index in [0.717, 1.165) is 41.5 Å². The van der Waals surface area contributed by atoms with Crippen LogP contribution in [0.3, 0.4) is 0 Å². The van der Waals surface area contributed by atoms with E-state index in [2.05, 4.69) is 46.8 Å². The van der Waals surface area contributed by atoms with Crippen LogP contribution in [-0.2, 0) is 13.6 Å². The number of imidazole rings is 1. The van der Waals surface area contributed by atoms with Gasteiger partial charge in [0.2, 0.25) is 0 Å². The summed E-state index contributed by atoms with van der Waals surface area (Å²) in [5, 5.41) is 0.746. The normalized spacial score (nSPS) is 21.2. The van der Waals surface area contributed by atoms with E-state index in [-0.39, 0.29) is 0 Å². The number of hydrogen-bond donors (Lipinski definition) is 1. The molecule has 2 heterocycles. The highest BCUT2D eigenvalue weighted by Gasteiger charge is 2.33. The number of fused-ring (bicyclic) bond motifs is 1. The highest BCUT2D eigenvalue weighted by molar-refractivity contribution is 6.31. The Balaban J connectivity index is 1.56. The van der Waals surface area contributed by atoms with Gasteiger partial charge in [-0.25, -0.2) is 4.98 Å². The molecule has 1 saturated heterocycles. The van der Waals surface area contributed by atoms with Crippen molar-refractivity contribution in [1.82, 2.24) is 14.5 Å². The van der Waals surface area contributed by atoms with Crippen LogP contribution in [0.15, 0.2) is 48.5 Å². The minimum atomic E-state index is 0.492. The smallest absolute Gasteiger partial charge is 0.123 e. The lowest BCUT2D eigenvalue weighted by atomic mass is 9.89. The molecule has 1 aromatic heterocycles. The molecule has 3 aromatic rings. The van der Waals surface area contributed by atoms with Gasteiger partial charge in [-0.05, 0) is 36.2 Å². The third kappa shape index (κ3) is 3.17. The number of halogens is 1. The Morgan fingerprint density at radius 3 is 2.72 bits per heavy atom. The molecular weight excluding hydrogens is 332 g/mol. The number of likely N-dealkylation sites (tertiary alicyclic amines) is 1. The summed E-state index contributed by atoms with van der Waals surface area (Å²) in [6.07, 6.45) is 0. The van der Waals surface area contributed by atoms with E-state index in [0.29, 0.717) is 18.4 Å². The zero-order valence-electron chi connectivity index (χ0n) is 14.4. The number of aryl methyl sites for hydroxylation is 1. The Labute approximate surface area is 153 Å². The van der Waals surface area contributed by atoms with Crippen LogP contribution >= 0.6 is 11.6 Å². The summed E-state index contributed by atoms with van der Waals surface area (Å²) in [5.74, 6) is 2.06. The van der Waals surface area contributed by atoms with Crippen molar-refractivity contribution < 1.29 is 0 Å². The van der Waals surface area contributed by atoms with Crippen molar-refractivity contribution in [3.05, 3.63) is 64.9 Å². The van der Waals surface area contributed by atoms with E-state index in [4.69, 9.17) is 22.3 Å². The second-order valence-electron chi connectivity index (χ2n) is 6.93. The van der Waals surface area contributed by atoms with Crippen molar-refractivity contribution in [1.29, 1.82) is 0 Å². The average Bonchev–Trinajstić information content (AvgIpc) is 3.18. The first-order valence-electron chi connectivity index (χ1n) is 8.74. The molecule has 4 nitrogen and oxygen atoms in total. The topological polar surface area (TPSA) is 47.1 Å². The third-order valence-electron chi connectivity index (χ3n) is 5.35. The number of benzene rings is 2. The molecular formula is C20H23ClN4. The van der Waals surface area contributed by atoms with Crippen LogP contribution < -0.4 is 5.73 Å². The molecule has 0 saturated carbocycles. The lowest BCUT2D eigenvalue weighted by Crippen LogP contribution is -2.24. The molecule has 0 spiro atoms. The SMILES string of the molecule is Cn1c(CN2C[C@@H](CN)[C@H](c3ccccc3)C2)nc2ccc(Cl)cc21. The van der Waals surface area contributed by atoms with E-state index in [9.17, 15) is 0 Å². The highest BCUT2D eigenvalue weighted by atomic mass is 35.5. The summed E-state index contributed by atoms with van der Waals surface area (Å²) in [4.78, 5) is 7.27. The molecule has 0 aliphatic carbocycles.